The van der Waals surface area contributed by atoms with Crippen LogP contribution in [-0.2, 0) is 0 Å². The van der Waals surface area contributed by atoms with Gasteiger partial charge in [0, 0.05) is 0 Å². The summed E-state index contributed by atoms with van der Waals surface area (Å²) in [6.45, 7) is 1.88. The minimum absolute atomic E-state index is 0.0728. The molecule has 5 heteroatoms. The van der Waals surface area contributed by atoms with Crippen LogP contribution in [0, 0.1) is 12.3 Å². The Balaban J connectivity index is 2.42. The molecule has 5 nitrogen and oxygen atoms in total. The number of nitrogens with zero attached hydrogens (tertiary/aromatic N) is 3. The third-order valence-electron chi connectivity index (χ3n) is 1.83. The lowest BCUT2D eigenvalue weighted by Crippen LogP contribution is -2.13. The summed E-state index contributed by atoms with van der Waals surface area (Å²) in [5.41, 5.74) is 1.40. The highest BCUT2D eigenvalue weighted by Gasteiger charge is 2.06. The van der Waals surface area contributed by atoms with E-state index >= 15 is 0 Å². The monoisotopic (exact) mass is 187 g/mol. The van der Waals surface area contributed by atoms with Gasteiger partial charge in [-0.05, 0) is 6.92 Å². The fraction of sp³-hybridized carbons (Fsp3) is 0.222. The minimum atomic E-state index is -0.0728. The Hall–Kier alpha value is -2.09. The lowest BCUT2D eigenvalue weighted by Gasteiger charge is -2.07. The summed E-state index contributed by atoms with van der Waals surface area (Å²) in [5, 5.41) is 3.06. The Labute approximate surface area is 81.0 Å². The maximum Gasteiger partial charge on any atom is 0.182 e. The number of aromatic nitrogens is 4. The van der Waals surface area contributed by atoms with Gasteiger partial charge in [-0.1, -0.05) is 5.92 Å². The van der Waals surface area contributed by atoms with Crippen molar-refractivity contribution >= 4 is 17.0 Å². The number of H-pyrrole nitrogens is 1. The molecule has 0 aromatic carbocycles. The predicted octanol–water partition coefficient (Wildman–Crippen LogP) is 0.786. The van der Waals surface area contributed by atoms with E-state index in [9.17, 15) is 0 Å². The maximum absolute atomic E-state index is 5.26. The number of fused-ring (bicyclic) bond motifs is 1. The van der Waals surface area contributed by atoms with Crippen LogP contribution in [0.15, 0.2) is 12.7 Å². The molecular weight excluding hydrogens is 178 g/mol. The van der Waals surface area contributed by atoms with Crippen LogP contribution in [0.1, 0.15) is 6.92 Å². The molecule has 0 spiro atoms. The molecule has 1 atom stereocenters. The number of nitrogens with one attached hydrogen (secondary N) is 2. The van der Waals surface area contributed by atoms with E-state index in [0.29, 0.717) is 11.5 Å². The molecule has 0 aliphatic heterocycles. The standard InChI is InChI=1S/C9H9N5/c1-3-6(2)14-9-7-8(11-4-10-7)12-5-13-9/h1,4-6H,2H3,(H2,10,11,12,13,14). The van der Waals surface area contributed by atoms with Crippen LogP contribution in [0.5, 0.6) is 0 Å². The highest BCUT2D eigenvalue weighted by Crippen LogP contribution is 2.14. The molecule has 0 bridgehead atoms. The topological polar surface area (TPSA) is 66.5 Å². The Morgan fingerprint density at radius 3 is 3.14 bits per heavy atom. The summed E-state index contributed by atoms with van der Waals surface area (Å²) in [4.78, 5) is 15.0. The average molecular weight is 187 g/mol. The molecule has 2 heterocycles. The van der Waals surface area contributed by atoms with Gasteiger partial charge in [-0.15, -0.1) is 6.42 Å². The Morgan fingerprint density at radius 1 is 1.50 bits per heavy atom. The molecule has 70 valence electrons. The second-order valence-corrected chi connectivity index (χ2v) is 2.86. The van der Waals surface area contributed by atoms with Gasteiger partial charge in [-0.3, -0.25) is 0 Å². The molecule has 0 radical (unpaired) electrons. The molecule has 0 saturated carbocycles. The van der Waals surface area contributed by atoms with Crippen molar-refractivity contribution in [1.82, 2.24) is 19.9 Å². The zero-order valence-corrected chi connectivity index (χ0v) is 7.65. The quantitative estimate of drug-likeness (QED) is 0.682. The van der Waals surface area contributed by atoms with Crippen LogP contribution < -0.4 is 5.32 Å². The molecule has 2 rings (SSSR count). The highest BCUT2D eigenvalue weighted by molar-refractivity contribution is 5.82. The van der Waals surface area contributed by atoms with E-state index in [4.69, 9.17) is 6.42 Å². The summed E-state index contributed by atoms with van der Waals surface area (Å²) >= 11 is 0. The predicted molar refractivity (Wildman–Crippen MR) is 53.6 cm³/mol. The third-order valence-corrected chi connectivity index (χ3v) is 1.83. The first-order valence-electron chi connectivity index (χ1n) is 4.18. The van der Waals surface area contributed by atoms with E-state index in [1.165, 1.54) is 6.33 Å². The van der Waals surface area contributed by atoms with Gasteiger partial charge < -0.3 is 10.3 Å². The summed E-state index contributed by atoms with van der Waals surface area (Å²) in [6.07, 6.45) is 8.29. The SMILES string of the molecule is C#CC(C)Nc1ncnc2nc[nH]c12. The van der Waals surface area contributed by atoms with Crippen molar-refractivity contribution in [2.24, 2.45) is 0 Å². The van der Waals surface area contributed by atoms with Gasteiger partial charge in [-0.25, -0.2) is 15.0 Å². The number of anilines is 1. The normalized spacial score (nSPS) is 12.3. The van der Waals surface area contributed by atoms with Gasteiger partial charge in [0.05, 0.1) is 12.4 Å². The molecule has 1 unspecified atom stereocenters. The molecule has 0 aliphatic carbocycles. The molecule has 0 aliphatic rings. The average Bonchev–Trinajstić information content (AvgIpc) is 2.66. The largest absolute Gasteiger partial charge is 0.355 e. The second-order valence-electron chi connectivity index (χ2n) is 2.86. The van der Waals surface area contributed by atoms with Gasteiger partial charge >= 0.3 is 0 Å². The lowest BCUT2D eigenvalue weighted by atomic mass is 10.3. The zero-order valence-electron chi connectivity index (χ0n) is 7.65. The number of aromatic amines is 1. The summed E-state index contributed by atoms with van der Waals surface area (Å²) in [7, 11) is 0. The van der Waals surface area contributed by atoms with Crippen molar-refractivity contribution in [3.8, 4) is 12.3 Å². The van der Waals surface area contributed by atoms with Crippen LogP contribution in [-0.4, -0.2) is 26.0 Å². The second kappa shape index (κ2) is 3.34. The Morgan fingerprint density at radius 2 is 2.36 bits per heavy atom. The van der Waals surface area contributed by atoms with E-state index in [0.717, 1.165) is 5.52 Å². The third kappa shape index (κ3) is 1.38. The first-order valence-corrected chi connectivity index (χ1v) is 4.18. The zero-order chi connectivity index (χ0) is 9.97. The van der Waals surface area contributed by atoms with E-state index < -0.39 is 0 Å². The first kappa shape index (κ1) is 8.51. The van der Waals surface area contributed by atoms with Gasteiger partial charge in [-0.2, -0.15) is 0 Å². The molecule has 14 heavy (non-hydrogen) atoms. The van der Waals surface area contributed by atoms with Crippen LogP contribution in [0.4, 0.5) is 5.82 Å². The molecule has 0 amide bonds. The van der Waals surface area contributed by atoms with E-state index in [1.807, 2.05) is 6.92 Å². The van der Waals surface area contributed by atoms with Crippen LogP contribution in [0.3, 0.4) is 0 Å². The van der Waals surface area contributed by atoms with Crippen LogP contribution in [0.25, 0.3) is 11.2 Å². The minimum Gasteiger partial charge on any atom is -0.355 e. The molecule has 0 fully saturated rings. The van der Waals surface area contributed by atoms with E-state index in [-0.39, 0.29) is 6.04 Å². The molecule has 2 N–H and O–H groups in total. The van der Waals surface area contributed by atoms with Crippen LogP contribution in [0.2, 0.25) is 0 Å². The summed E-state index contributed by atoms with van der Waals surface area (Å²) in [5.74, 6) is 3.24. The maximum atomic E-state index is 5.26. The number of rotatable bonds is 2. The number of hydrogen-bond donors (Lipinski definition) is 2. The van der Waals surface area contributed by atoms with Gasteiger partial charge in [0.15, 0.2) is 11.5 Å². The molecule has 2 aromatic rings. The summed E-state index contributed by atoms with van der Waals surface area (Å²) < 4.78 is 0. The van der Waals surface area contributed by atoms with Crippen molar-refractivity contribution < 1.29 is 0 Å². The molecule has 2 aromatic heterocycles. The van der Waals surface area contributed by atoms with Crippen molar-refractivity contribution in [2.45, 2.75) is 13.0 Å². The van der Waals surface area contributed by atoms with Gasteiger partial charge in [0.2, 0.25) is 0 Å². The highest BCUT2D eigenvalue weighted by atomic mass is 15.1. The lowest BCUT2D eigenvalue weighted by molar-refractivity contribution is 1.01. The fourth-order valence-corrected chi connectivity index (χ4v) is 1.12. The van der Waals surface area contributed by atoms with E-state index in [2.05, 4.69) is 31.2 Å². The van der Waals surface area contributed by atoms with Crippen LogP contribution >= 0.6 is 0 Å². The fourth-order valence-electron chi connectivity index (χ4n) is 1.12. The molecule has 0 saturated heterocycles. The number of terminal acetylenes is 1. The smallest absolute Gasteiger partial charge is 0.182 e. The van der Waals surface area contributed by atoms with Crippen molar-refractivity contribution in [3.05, 3.63) is 12.7 Å². The van der Waals surface area contributed by atoms with E-state index in [1.54, 1.807) is 6.33 Å². The van der Waals surface area contributed by atoms with Gasteiger partial charge in [0.1, 0.15) is 11.8 Å². The molecular formula is C9H9N5. The number of imidazole rings is 1. The van der Waals surface area contributed by atoms with Gasteiger partial charge in [0.25, 0.3) is 0 Å². The first-order chi connectivity index (χ1) is 6.81. The van der Waals surface area contributed by atoms with Crippen molar-refractivity contribution in [1.29, 1.82) is 0 Å². The van der Waals surface area contributed by atoms with Crippen molar-refractivity contribution in [2.75, 3.05) is 5.32 Å². The summed E-state index contributed by atoms with van der Waals surface area (Å²) in [6, 6.07) is -0.0728. The number of hydrogen-bond acceptors (Lipinski definition) is 4. The Bertz CT molecular complexity index is 481. The Kier molecular flexibility index (Phi) is 2.03. The van der Waals surface area contributed by atoms with Crippen molar-refractivity contribution in [3.63, 3.8) is 0 Å².